The van der Waals surface area contributed by atoms with Crippen LogP contribution in [0.4, 0.5) is 0 Å². The van der Waals surface area contributed by atoms with Crippen molar-refractivity contribution in [3.63, 3.8) is 0 Å². The molecule has 0 spiro atoms. The zero-order valence-electron chi connectivity index (χ0n) is 7.77. The smallest absolute Gasteiger partial charge is 0.213 e. The summed E-state index contributed by atoms with van der Waals surface area (Å²) in [5.74, 6) is 0. The highest BCUT2D eigenvalue weighted by Gasteiger charge is 2.13. The second kappa shape index (κ2) is 3.40. The van der Waals surface area contributed by atoms with E-state index in [0.717, 1.165) is 20.3 Å². The highest BCUT2D eigenvalue weighted by Crippen LogP contribution is 2.29. The summed E-state index contributed by atoms with van der Waals surface area (Å²) < 4.78 is 2.74. The summed E-state index contributed by atoms with van der Waals surface area (Å²) >= 11 is 6.59. The molecule has 0 radical (unpaired) electrons. The van der Waals surface area contributed by atoms with Gasteiger partial charge in [-0.05, 0) is 34.3 Å². The molecule has 0 saturated heterocycles. The summed E-state index contributed by atoms with van der Waals surface area (Å²) in [6, 6.07) is 2.08. The number of aromatic nitrogens is 3. The second-order valence-electron chi connectivity index (χ2n) is 3.11. The molecule has 0 bridgehead atoms. The van der Waals surface area contributed by atoms with Gasteiger partial charge in [-0.1, -0.05) is 11.3 Å². The molecule has 6 heteroatoms. The van der Waals surface area contributed by atoms with E-state index in [1.807, 2.05) is 11.4 Å². The maximum absolute atomic E-state index is 4.57. The molecule has 0 saturated carbocycles. The lowest BCUT2D eigenvalue weighted by Gasteiger charge is -1.92. The summed E-state index contributed by atoms with van der Waals surface area (Å²) in [6.07, 6.45) is 0. The van der Waals surface area contributed by atoms with Crippen molar-refractivity contribution in [3.8, 4) is 11.3 Å². The minimum atomic E-state index is 0.866. The number of fused-ring (bicyclic) bond motifs is 1. The molecule has 0 aliphatic rings. The molecule has 3 rings (SSSR count). The average molecular weight is 300 g/mol. The molecule has 0 unspecified atom stereocenters. The third-order valence-electron chi connectivity index (χ3n) is 2.20. The van der Waals surface area contributed by atoms with E-state index < -0.39 is 0 Å². The molecule has 3 aromatic heterocycles. The quantitative estimate of drug-likeness (QED) is 0.687. The zero-order chi connectivity index (χ0) is 10.4. The van der Waals surface area contributed by atoms with Crippen LogP contribution in [0.2, 0.25) is 0 Å². The summed E-state index contributed by atoms with van der Waals surface area (Å²) in [6.45, 7) is 2.04. The van der Waals surface area contributed by atoms with Crippen LogP contribution >= 0.6 is 38.6 Å². The molecule has 0 aromatic carbocycles. The molecule has 3 aromatic rings. The van der Waals surface area contributed by atoms with Gasteiger partial charge < -0.3 is 0 Å². The van der Waals surface area contributed by atoms with Crippen molar-refractivity contribution in [3.05, 3.63) is 26.4 Å². The summed E-state index contributed by atoms with van der Waals surface area (Å²) in [5, 5.41) is 8.50. The fourth-order valence-electron chi connectivity index (χ4n) is 1.50. The summed E-state index contributed by atoms with van der Waals surface area (Å²) in [5.41, 5.74) is 3.29. The van der Waals surface area contributed by atoms with Gasteiger partial charge in [0.1, 0.15) is 0 Å². The largest absolute Gasteiger partial charge is 0.217 e. The van der Waals surface area contributed by atoms with Gasteiger partial charge in [-0.15, -0.1) is 5.10 Å². The van der Waals surface area contributed by atoms with Crippen LogP contribution in [0, 0.1) is 6.92 Å². The van der Waals surface area contributed by atoms with Crippen molar-refractivity contribution in [2.45, 2.75) is 6.92 Å². The number of thiophene rings is 1. The Bertz CT molecular complexity index is 609. The van der Waals surface area contributed by atoms with Crippen LogP contribution in [0.1, 0.15) is 5.69 Å². The van der Waals surface area contributed by atoms with Crippen LogP contribution in [-0.2, 0) is 0 Å². The van der Waals surface area contributed by atoms with Gasteiger partial charge in [-0.25, -0.2) is 9.50 Å². The Morgan fingerprint density at radius 1 is 1.47 bits per heavy atom. The molecule has 0 amide bonds. The standard InChI is InChI=1S/C9H6BrN3S2/c1-5-7(6-2-3-14-4-6)11-9-13(5)12-8(10)15-9/h2-4H,1H3. The van der Waals surface area contributed by atoms with Crippen LogP contribution in [0.5, 0.6) is 0 Å². The molecule has 0 N–H and O–H groups in total. The van der Waals surface area contributed by atoms with E-state index in [4.69, 9.17) is 0 Å². The molecule has 76 valence electrons. The maximum Gasteiger partial charge on any atom is 0.213 e. The van der Waals surface area contributed by atoms with Gasteiger partial charge >= 0.3 is 0 Å². The van der Waals surface area contributed by atoms with Gasteiger partial charge in [0.15, 0.2) is 3.92 Å². The van der Waals surface area contributed by atoms with Crippen molar-refractivity contribution < 1.29 is 0 Å². The Labute approximate surface area is 103 Å². The molecular formula is C9H6BrN3S2. The monoisotopic (exact) mass is 299 g/mol. The van der Waals surface area contributed by atoms with E-state index in [-0.39, 0.29) is 0 Å². The van der Waals surface area contributed by atoms with E-state index >= 15 is 0 Å². The Balaban J connectivity index is 2.29. The molecule has 0 fully saturated rings. The van der Waals surface area contributed by atoms with E-state index in [1.54, 1.807) is 22.7 Å². The number of hydrogen-bond acceptors (Lipinski definition) is 4. The van der Waals surface area contributed by atoms with Crippen molar-refractivity contribution in [1.29, 1.82) is 0 Å². The maximum atomic E-state index is 4.57. The molecule has 3 heterocycles. The Morgan fingerprint density at radius 3 is 3.00 bits per heavy atom. The van der Waals surface area contributed by atoms with Crippen LogP contribution in [0.15, 0.2) is 20.7 Å². The van der Waals surface area contributed by atoms with Crippen LogP contribution < -0.4 is 0 Å². The van der Waals surface area contributed by atoms with Gasteiger partial charge in [0.05, 0.1) is 11.4 Å². The fraction of sp³-hybridized carbons (Fsp3) is 0.111. The van der Waals surface area contributed by atoms with Gasteiger partial charge in [-0.3, -0.25) is 0 Å². The number of rotatable bonds is 1. The number of aryl methyl sites for hydroxylation is 1. The molecule has 0 atom stereocenters. The Morgan fingerprint density at radius 2 is 2.33 bits per heavy atom. The van der Waals surface area contributed by atoms with Crippen molar-refractivity contribution in [2.24, 2.45) is 0 Å². The van der Waals surface area contributed by atoms with Crippen molar-refractivity contribution >= 4 is 43.6 Å². The number of hydrogen-bond donors (Lipinski definition) is 0. The van der Waals surface area contributed by atoms with E-state index in [1.165, 1.54) is 5.56 Å². The Hall–Kier alpha value is -0.720. The van der Waals surface area contributed by atoms with Gasteiger partial charge in [0, 0.05) is 10.9 Å². The molecular weight excluding hydrogens is 294 g/mol. The highest BCUT2D eigenvalue weighted by atomic mass is 79.9. The number of imidazole rings is 1. The van der Waals surface area contributed by atoms with Crippen LogP contribution in [-0.4, -0.2) is 14.6 Å². The SMILES string of the molecule is Cc1c(-c2ccsc2)nc2sc(Br)nn12. The van der Waals surface area contributed by atoms with Crippen molar-refractivity contribution in [1.82, 2.24) is 14.6 Å². The third kappa shape index (κ3) is 1.44. The van der Waals surface area contributed by atoms with E-state index in [2.05, 4.69) is 42.8 Å². The van der Waals surface area contributed by atoms with Crippen LogP contribution in [0.3, 0.4) is 0 Å². The topological polar surface area (TPSA) is 30.2 Å². The molecule has 0 aliphatic heterocycles. The molecule has 3 nitrogen and oxygen atoms in total. The van der Waals surface area contributed by atoms with Gasteiger partial charge in [0.2, 0.25) is 4.96 Å². The first kappa shape index (κ1) is 9.50. The highest BCUT2D eigenvalue weighted by molar-refractivity contribution is 9.11. The van der Waals surface area contributed by atoms with Crippen LogP contribution in [0.25, 0.3) is 16.2 Å². The lowest BCUT2D eigenvalue weighted by Crippen LogP contribution is -1.87. The average Bonchev–Trinajstić information content (AvgIpc) is 2.84. The van der Waals surface area contributed by atoms with Gasteiger partial charge in [0.25, 0.3) is 0 Å². The van der Waals surface area contributed by atoms with E-state index in [9.17, 15) is 0 Å². The second-order valence-corrected chi connectivity index (χ2v) is 6.12. The molecule has 15 heavy (non-hydrogen) atoms. The lowest BCUT2D eigenvalue weighted by molar-refractivity contribution is 0.920. The predicted octanol–water partition coefficient (Wildman–Crippen LogP) is 3.59. The number of halogens is 1. The minimum absolute atomic E-state index is 0.866. The first-order valence-electron chi connectivity index (χ1n) is 4.30. The Kier molecular flexibility index (Phi) is 2.15. The third-order valence-corrected chi connectivity index (χ3v) is 4.22. The normalized spacial score (nSPS) is 11.3. The summed E-state index contributed by atoms with van der Waals surface area (Å²) in [4.78, 5) is 5.50. The molecule has 0 aliphatic carbocycles. The first-order valence-corrected chi connectivity index (χ1v) is 6.85. The van der Waals surface area contributed by atoms with Crippen molar-refractivity contribution in [2.75, 3.05) is 0 Å². The zero-order valence-corrected chi connectivity index (χ0v) is 11.0. The minimum Gasteiger partial charge on any atom is -0.217 e. The van der Waals surface area contributed by atoms with Gasteiger partial charge in [-0.2, -0.15) is 11.3 Å². The fourth-order valence-corrected chi connectivity index (χ4v) is 3.41. The first-order chi connectivity index (χ1) is 7.25. The lowest BCUT2D eigenvalue weighted by atomic mass is 10.2. The number of nitrogens with zero attached hydrogens (tertiary/aromatic N) is 3. The summed E-state index contributed by atoms with van der Waals surface area (Å²) in [7, 11) is 0. The predicted molar refractivity (Wildman–Crippen MR) is 66.6 cm³/mol. The van der Waals surface area contributed by atoms with E-state index in [0.29, 0.717) is 0 Å².